The van der Waals surface area contributed by atoms with E-state index in [9.17, 15) is 0 Å². The van der Waals surface area contributed by atoms with Gasteiger partial charge in [0, 0.05) is 5.02 Å². The van der Waals surface area contributed by atoms with Crippen LogP contribution in [-0.4, -0.2) is 12.6 Å². The second-order valence-corrected chi connectivity index (χ2v) is 7.55. The third kappa shape index (κ3) is 5.33. The van der Waals surface area contributed by atoms with Crippen LogP contribution < -0.4 is 10.1 Å². The van der Waals surface area contributed by atoms with Crippen molar-refractivity contribution >= 4 is 28.9 Å². The summed E-state index contributed by atoms with van der Waals surface area (Å²) in [5, 5.41) is 4.57. The Morgan fingerprint density at radius 3 is 2.30 bits per heavy atom. The molecule has 0 aliphatic carbocycles. The summed E-state index contributed by atoms with van der Waals surface area (Å²) in [5.74, 6) is 0.865. The van der Waals surface area contributed by atoms with Gasteiger partial charge in [-0.15, -0.1) is 0 Å². The van der Waals surface area contributed by atoms with Gasteiger partial charge < -0.3 is 10.1 Å². The topological polar surface area (TPSA) is 21.3 Å². The van der Waals surface area contributed by atoms with Crippen LogP contribution >= 0.6 is 23.2 Å². The zero-order valence-electron chi connectivity index (χ0n) is 14.0. The van der Waals surface area contributed by atoms with Gasteiger partial charge in [0.15, 0.2) is 0 Å². The number of hydrogen-bond donors (Lipinski definition) is 1. The van der Waals surface area contributed by atoms with E-state index in [2.05, 4.69) is 38.2 Å². The highest BCUT2D eigenvalue weighted by molar-refractivity contribution is 6.35. The molecule has 1 atom stereocenters. The molecule has 0 aromatic heterocycles. The molecule has 0 heterocycles. The highest BCUT2D eigenvalue weighted by Crippen LogP contribution is 2.26. The Morgan fingerprint density at radius 2 is 1.70 bits per heavy atom. The molecular formula is C19H23Cl2NO. The minimum absolute atomic E-state index is 0.00513. The van der Waals surface area contributed by atoms with Crippen molar-refractivity contribution in [1.82, 2.24) is 0 Å². The molecular weight excluding hydrogens is 329 g/mol. The van der Waals surface area contributed by atoms with Crippen LogP contribution in [-0.2, 0) is 5.41 Å². The molecule has 0 aliphatic heterocycles. The summed E-state index contributed by atoms with van der Waals surface area (Å²) >= 11 is 12.1. The molecule has 2 rings (SSSR count). The van der Waals surface area contributed by atoms with E-state index in [1.165, 1.54) is 5.56 Å². The van der Waals surface area contributed by atoms with Crippen molar-refractivity contribution in [3.8, 4) is 5.75 Å². The summed E-state index contributed by atoms with van der Waals surface area (Å²) in [6, 6.07) is 13.6. The van der Waals surface area contributed by atoms with Crippen LogP contribution in [0.4, 0.5) is 5.69 Å². The molecule has 0 spiro atoms. The van der Waals surface area contributed by atoms with Crippen molar-refractivity contribution in [2.75, 3.05) is 11.9 Å². The average Bonchev–Trinajstić information content (AvgIpc) is 2.48. The number of ether oxygens (including phenoxy) is 1. The molecule has 124 valence electrons. The maximum atomic E-state index is 6.14. The highest BCUT2D eigenvalue weighted by Gasteiger charge is 2.13. The Hall–Kier alpha value is -1.38. The first-order valence-corrected chi connectivity index (χ1v) is 8.47. The van der Waals surface area contributed by atoms with Gasteiger partial charge in [-0.1, -0.05) is 56.1 Å². The third-order valence-corrected chi connectivity index (χ3v) is 4.13. The smallest absolute Gasteiger partial charge is 0.119 e. The fourth-order valence-electron chi connectivity index (χ4n) is 2.19. The number of halogens is 2. The third-order valence-electron chi connectivity index (χ3n) is 3.57. The predicted molar refractivity (Wildman–Crippen MR) is 100 cm³/mol. The SMILES string of the molecule is CC(CNc1cc(Cl)ccc1Cl)Oc1ccc(C(C)(C)C)cc1. The van der Waals surface area contributed by atoms with Crippen LogP contribution in [0.25, 0.3) is 0 Å². The van der Waals surface area contributed by atoms with Crippen LogP contribution in [0.1, 0.15) is 33.3 Å². The van der Waals surface area contributed by atoms with Gasteiger partial charge in [0.25, 0.3) is 0 Å². The molecule has 0 radical (unpaired) electrons. The van der Waals surface area contributed by atoms with Gasteiger partial charge in [-0.3, -0.25) is 0 Å². The summed E-state index contributed by atoms with van der Waals surface area (Å²) in [7, 11) is 0. The maximum Gasteiger partial charge on any atom is 0.119 e. The van der Waals surface area contributed by atoms with E-state index in [4.69, 9.17) is 27.9 Å². The summed E-state index contributed by atoms with van der Waals surface area (Å²) in [4.78, 5) is 0. The predicted octanol–water partition coefficient (Wildman–Crippen LogP) is 6.17. The van der Waals surface area contributed by atoms with Crippen LogP contribution in [0.15, 0.2) is 42.5 Å². The fraction of sp³-hybridized carbons (Fsp3) is 0.368. The Bertz CT molecular complexity index is 647. The minimum atomic E-state index is 0.00513. The van der Waals surface area contributed by atoms with Crippen molar-refractivity contribution in [3.63, 3.8) is 0 Å². The van der Waals surface area contributed by atoms with E-state index in [0.29, 0.717) is 16.6 Å². The van der Waals surface area contributed by atoms with E-state index in [-0.39, 0.29) is 11.5 Å². The molecule has 0 fully saturated rings. The Morgan fingerprint density at radius 1 is 1.04 bits per heavy atom. The minimum Gasteiger partial charge on any atom is -0.489 e. The van der Waals surface area contributed by atoms with Crippen LogP contribution in [0.2, 0.25) is 10.0 Å². The molecule has 4 heteroatoms. The Kier molecular flexibility index (Phi) is 5.83. The summed E-state index contributed by atoms with van der Waals surface area (Å²) < 4.78 is 5.94. The van der Waals surface area contributed by atoms with Crippen molar-refractivity contribution in [2.45, 2.75) is 39.2 Å². The zero-order chi connectivity index (χ0) is 17.0. The second kappa shape index (κ2) is 7.46. The molecule has 1 N–H and O–H groups in total. The molecule has 0 saturated carbocycles. The molecule has 0 bridgehead atoms. The summed E-state index contributed by atoms with van der Waals surface area (Å²) in [6.45, 7) is 9.25. The first-order valence-electron chi connectivity index (χ1n) is 7.72. The van der Waals surface area contributed by atoms with E-state index in [0.717, 1.165) is 11.4 Å². The van der Waals surface area contributed by atoms with E-state index >= 15 is 0 Å². The summed E-state index contributed by atoms with van der Waals surface area (Å²) in [6.07, 6.45) is 0.00513. The molecule has 0 amide bonds. The van der Waals surface area contributed by atoms with E-state index in [1.54, 1.807) is 12.1 Å². The van der Waals surface area contributed by atoms with Gasteiger partial charge in [-0.25, -0.2) is 0 Å². The number of hydrogen-bond acceptors (Lipinski definition) is 2. The molecule has 2 aromatic carbocycles. The Labute approximate surface area is 148 Å². The molecule has 0 aliphatic rings. The van der Waals surface area contributed by atoms with Crippen molar-refractivity contribution in [3.05, 3.63) is 58.1 Å². The number of anilines is 1. The van der Waals surface area contributed by atoms with Crippen LogP contribution in [0.3, 0.4) is 0 Å². The highest BCUT2D eigenvalue weighted by atomic mass is 35.5. The van der Waals surface area contributed by atoms with Gasteiger partial charge in [-0.2, -0.15) is 0 Å². The standard InChI is InChI=1S/C19H23Cl2NO/c1-13(12-22-18-11-15(20)7-10-17(18)21)23-16-8-5-14(6-9-16)19(2,3)4/h5-11,13,22H,12H2,1-4H3. The van der Waals surface area contributed by atoms with Gasteiger partial charge in [0.05, 0.1) is 17.3 Å². The molecule has 2 aromatic rings. The molecule has 1 unspecified atom stereocenters. The lowest BCUT2D eigenvalue weighted by atomic mass is 9.87. The van der Waals surface area contributed by atoms with Gasteiger partial charge in [0.2, 0.25) is 0 Å². The molecule has 2 nitrogen and oxygen atoms in total. The monoisotopic (exact) mass is 351 g/mol. The van der Waals surface area contributed by atoms with Crippen molar-refractivity contribution < 1.29 is 4.74 Å². The van der Waals surface area contributed by atoms with Gasteiger partial charge in [-0.05, 0) is 48.2 Å². The van der Waals surface area contributed by atoms with Crippen molar-refractivity contribution in [2.24, 2.45) is 0 Å². The average molecular weight is 352 g/mol. The van der Waals surface area contributed by atoms with Crippen LogP contribution in [0, 0.1) is 0 Å². The van der Waals surface area contributed by atoms with Crippen molar-refractivity contribution in [1.29, 1.82) is 0 Å². The maximum absolute atomic E-state index is 6.14. The largest absolute Gasteiger partial charge is 0.489 e. The molecule has 0 saturated heterocycles. The lowest BCUT2D eigenvalue weighted by molar-refractivity contribution is 0.234. The van der Waals surface area contributed by atoms with Gasteiger partial charge >= 0.3 is 0 Å². The number of rotatable bonds is 5. The Balaban J connectivity index is 1.92. The summed E-state index contributed by atoms with van der Waals surface area (Å²) in [5.41, 5.74) is 2.26. The zero-order valence-corrected chi connectivity index (χ0v) is 15.5. The lowest BCUT2D eigenvalue weighted by Gasteiger charge is -2.20. The first kappa shape index (κ1) is 18.0. The van der Waals surface area contributed by atoms with E-state index in [1.807, 2.05) is 25.1 Å². The normalized spacial score (nSPS) is 12.8. The molecule has 23 heavy (non-hydrogen) atoms. The van der Waals surface area contributed by atoms with Crippen LogP contribution in [0.5, 0.6) is 5.75 Å². The van der Waals surface area contributed by atoms with E-state index < -0.39 is 0 Å². The quantitative estimate of drug-likeness (QED) is 0.695. The second-order valence-electron chi connectivity index (χ2n) is 6.71. The van der Waals surface area contributed by atoms with Gasteiger partial charge in [0.1, 0.15) is 11.9 Å². The first-order chi connectivity index (χ1) is 10.8. The number of nitrogens with one attached hydrogen (secondary N) is 1. The lowest BCUT2D eigenvalue weighted by Crippen LogP contribution is -2.22. The number of benzene rings is 2. The fourth-order valence-corrected chi connectivity index (χ4v) is 2.55.